The largest absolute Gasteiger partial charge is 0.353 e. The zero-order chi connectivity index (χ0) is 16.1. The monoisotopic (exact) mass is 308 g/mol. The van der Waals surface area contributed by atoms with E-state index in [2.05, 4.69) is 29.1 Å². The van der Waals surface area contributed by atoms with Gasteiger partial charge < -0.3 is 15.1 Å². The van der Waals surface area contributed by atoms with Gasteiger partial charge in [-0.05, 0) is 31.1 Å². The number of likely N-dealkylation sites (N-methyl/N-ethyl adjacent to an activating group) is 1. The van der Waals surface area contributed by atoms with Crippen molar-refractivity contribution in [3.8, 4) is 0 Å². The topological polar surface area (TPSA) is 47.9 Å². The molecule has 0 spiro atoms. The number of guanidine groups is 1. The number of carbonyl (C=O) groups is 1. The Hall–Kier alpha value is -1.26. The van der Waals surface area contributed by atoms with Crippen LogP contribution in [0.25, 0.3) is 0 Å². The molecule has 0 aromatic heterocycles. The molecule has 1 aliphatic carbocycles. The normalized spacial score (nSPS) is 27.1. The van der Waals surface area contributed by atoms with Crippen LogP contribution in [0, 0.1) is 11.8 Å². The highest BCUT2D eigenvalue weighted by atomic mass is 16.2. The SMILES string of the molecule is CC1CC(C)CN(C(=NCC(=O)N(C)C)NC2CCCC2)C1. The van der Waals surface area contributed by atoms with Crippen molar-refractivity contribution in [1.29, 1.82) is 0 Å². The highest BCUT2D eigenvalue weighted by molar-refractivity contribution is 5.85. The Kier molecular flexibility index (Phi) is 6.09. The van der Waals surface area contributed by atoms with Gasteiger partial charge in [0, 0.05) is 33.2 Å². The van der Waals surface area contributed by atoms with Crippen molar-refractivity contribution in [3.63, 3.8) is 0 Å². The van der Waals surface area contributed by atoms with Gasteiger partial charge in [0.15, 0.2) is 5.96 Å². The van der Waals surface area contributed by atoms with E-state index >= 15 is 0 Å². The van der Waals surface area contributed by atoms with E-state index in [-0.39, 0.29) is 12.5 Å². The maximum absolute atomic E-state index is 11.9. The molecule has 0 radical (unpaired) electrons. The second-order valence-corrected chi connectivity index (χ2v) is 7.40. The minimum atomic E-state index is 0.0591. The van der Waals surface area contributed by atoms with Gasteiger partial charge in [-0.1, -0.05) is 26.7 Å². The molecular formula is C17H32N4O. The first-order valence-electron chi connectivity index (χ1n) is 8.71. The summed E-state index contributed by atoms with van der Waals surface area (Å²) in [4.78, 5) is 20.5. The third-order valence-electron chi connectivity index (χ3n) is 4.72. The molecule has 0 bridgehead atoms. The average molecular weight is 308 g/mol. The van der Waals surface area contributed by atoms with Crippen LogP contribution in [0.2, 0.25) is 0 Å². The molecule has 5 heteroatoms. The van der Waals surface area contributed by atoms with Gasteiger partial charge in [-0.25, -0.2) is 4.99 Å². The van der Waals surface area contributed by atoms with E-state index < -0.39 is 0 Å². The van der Waals surface area contributed by atoms with Crippen molar-refractivity contribution in [1.82, 2.24) is 15.1 Å². The standard InChI is InChI=1S/C17H32N4O/c1-13-9-14(2)12-21(11-13)17(18-10-16(22)20(3)4)19-15-7-5-6-8-15/h13-15H,5-12H2,1-4H3,(H,18,19). The number of nitrogens with zero attached hydrogens (tertiary/aromatic N) is 3. The number of hydrogen-bond acceptors (Lipinski definition) is 2. The summed E-state index contributed by atoms with van der Waals surface area (Å²) < 4.78 is 0. The molecule has 2 unspecified atom stereocenters. The molecule has 1 amide bonds. The number of rotatable bonds is 3. The summed E-state index contributed by atoms with van der Waals surface area (Å²) >= 11 is 0. The number of amides is 1. The Morgan fingerprint density at radius 2 is 1.77 bits per heavy atom. The second-order valence-electron chi connectivity index (χ2n) is 7.40. The van der Waals surface area contributed by atoms with Crippen molar-refractivity contribution in [2.45, 2.75) is 52.0 Å². The van der Waals surface area contributed by atoms with Crippen LogP contribution in [0.3, 0.4) is 0 Å². The maximum atomic E-state index is 11.9. The number of hydrogen-bond donors (Lipinski definition) is 1. The van der Waals surface area contributed by atoms with E-state index in [0.29, 0.717) is 17.9 Å². The van der Waals surface area contributed by atoms with Gasteiger partial charge in [-0.15, -0.1) is 0 Å². The van der Waals surface area contributed by atoms with Gasteiger partial charge in [0.2, 0.25) is 5.91 Å². The lowest BCUT2D eigenvalue weighted by atomic mass is 9.92. The second kappa shape index (κ2) is 7.84. The third kappa shape index (κ3) is 4.89. The van der Waals surface area contributed by atoms with E-state index in [1.54, 1.807) is 19.0 Å². The van der Waals surface area contributed by atoms with E-state index in [0.717, 1.165) is 19.0 Å². The zero-order valence-electron chi connectivity index (χ0n) is 14.6. The van der Waals surface area contributed by atoms with Crippen molar-refractivity contribution in [2.75, 3.05) is 33.7 Å². The van der Waals surface area contributed by atoms with Crippen molar-refractivity contribution in [3.05, 3.63) is 0 Å². The van der Waals surface area contributed by atoms with Crippen LogP contribution in [-0.2, 0) is 4.79 Å². The first-order chi connectivity index (χ1) is 10.5. The lowest BCUT2D eigenvalue weighted by Crippen LogP contribution is -2.51. The molecule has 2 fully saturated rings. The van der Waals surface area contributed by atoms with Gasteiger partial charge in [0.1, 0.15) is 6.54 Å². The summed E-state index contributed by atoms with van der Waals surface area (Å²) in [6, 6.07) is 0.528. The summed E-state index contributed by atoms with van der Waals surface area (Å²) in [5, 5.41) is 3.63. The van der Waals surface area contributed by atoms with Crippen LogP contribution in [0.15, 0.2) is 4.99 Å². The summed E-state index contributed by atoms with van der Waals surface area (Å²) in [6.45, 7) is 6.93. The Balaban J connectivity index is 2.05. The smallest absolute Gasteiger partial charge is 0.243 e. The first-order valence-corrected chi connectivity index (χ1v) is 8.71. The van der Waals surface area contributed by atoms with Gasteiger partial charge >= 0.3 is 0 Å². The molecular weight excluding hydrogens is 276 g/mol. The van der Waals surface area contributed by atoms with E-state index in [1.807, 2.05) is 0 Å². The molecule has 2 aliphatic rings. The van der Waals surface area contributed by atoms with Gasteiger partial charge in [-0.2, -0.15) is 0 Å². The first kappa shape index (κ1) is 17.1. The number of carbonyl (C=O) groups excluding carboxylic acids is 1. The lowest BCUT2D eigenvalue weighted by molar-refractivity contribution is -0.127. The van der Waals surface area contributed by atoms with Crippen LogP contribution < -0.4 is 5.32 Å². The highest BCUT2D eigenvalue weighted by Gasteiger charge is 2.26. The average Bonchev–Trinajstić information content (AvgIpc) is 2.94. The fourth-order valence-corrected chi connectivity index (χ4v) is 3.61. The summed E-state index contributed by atoms with van der Waals surface area (Å²) in [5.74, 6) is 2.37. The summed E-state index contributed by atoms with van der Waals surface area (Å²) in [5.41, 5.74) is 0. The highest BCUT2D eigenvalue weighted by Crippen LogP contribution is 2.22. The Morgan fingerprint density at radius 1 is 1.18 bits per heavy atom. The Labute approximate surface area is 135 Å². The maximum Gasteiger partial charge on any atom is 0.243 e. The predicted octanol–water partition coefficient (Wildman–Crippen LogP) is 1.94. The van der Waals surface area contributed by atoms with Crippen LogP contribution in [-0.4, -0.2) is 61.4 Å². The predicted molar refractivity (Wildman–Crippen MR) is 90.9 cm³/mol. The molecule has 2 rings (SSSR count). The molecule has 2 atom stereocenters. The number of nitrogens with one attached hydrogen (secondary N) is 1. The van der Waals surface area contributed by atoms with Gasteiger partial charge in [0.25, 0.3) is 0 Å². The van der Waals surface area contributed by atoms with E-state index in [1.165, 1.54) is 32.1 Å². The molecule has 22 heavy (non-hydrogen) atoms. The minimum absolute atomic E-state index is 0.0591. The van der Waals surface area contributed by atoms with Crippen molar-refractivity contribution >= 4 is 11.9 Å². The molecule has 126 valence electrons. The fraction of sp³-hybridized carbons (Fsp3) is 0.882. The van der Waals surface area contributed by atoms with Crippen LogP contribution in [0.4, 0.5) is 0 Å². The molecule has 0 aromatic rings. The van der Waals surface area contributed by atoms with Crippen LogP contribution >= 0.6 is 0 Å². The van der Waals surface area contributed by atoms with Gasteiger partial charge in [0.05, 0.1) is 0 Å². The molecule has 1 N–H and O–H groups in total. The van der Waals surface area contributed by atoms with Crippen molar-refractivity contribution in [2.24, 2.45) is 16.8 Å². The molecule has 1 aliphatic heterocycles. The van der Waals surface area contributed by atoms with E-state index in [9.17, 15) is 4.79 Å². The third-order valence-corrected chi connectivity index (χ3v) is 4.72. The summed E-state index contributed by atoms with van der Waals surface area (Å²) in [6.07, 6.45) is 6.33. The van der Waals surface area contributed by atoms with Crippen LogP contribution in [0.5, 0.6) is 0 Å². The zero-order valence-corrected chi connectivity index (χ0v) is 14.6. The molecule has 1 saturated heterocycles. The minimum Gasteiger partial charge on any atom is -0.353 e. The summed E-state index contributed by atoms with van der Waals surface area (Å²) in [7, 11) is 3.57. The lowest BCUT2D eigenvalue weighted by Gasteiger charge is -2.38. The number of piperidine rings is 1. The van der Waals surface area contributed by atoms with E-state index in [4.69, 9.17) is 0 Å². The molecule has 1 saturated carbocycles. The number of likely N-dealkylation sites (tertiary alicyclic amines) is 1. The quantitative estimate of drug-likeness (QED) is 0.640. The molecule has 0 aromatic carbocycles. The molecule has 1 heterocycles. The van der Waals surface area contributed by atoms with Crippen LogP contribution in [0.1, 0.15) is 46.0 Å². The van der Waals surface area contributed by atoms with Gasteiger partial charge in [-0.3, -0.25) is 4.79 Å². The number of aliphatic imine (C=N–C) groups is 1. The Morgan fingerprint density at radius 3 is 2.32 bits per heavy atom. The fourth-order valence-electron chi connectivity index (χ4n) is 3.61. The van der Waals surface area contributed by atoms with Crippen molar-refractivity contribution < 1.29 is 4.79 Å². The Bertz CT molecular complexity index is 391. The molecule has 5 nitrogen and oxygen atoms in total.